The van der Waals surface area contributed by atoms with Crippen LogP contribution in [0.1, 0.15) is 54.1 Å². The van der Waals surface area contributed by atoms with Gasteiger partial charge in [0, 0.05) is 52.8 Å². The van der Waals surface area contributed by atoms with E-state index in [4.69, 9.17) is 21.1 Å². The quantitative estimate of drug-likeness (QED) is 0.167. The lowest BCUT2D eigenvalue weighted by Crippen LogP contribution is -2.38. The number of anilines is 1. The van der Waals surface area contributed by atoms with Crippen LogP contribution in [0.3, 0.4) is 0 Å². The van der Waals surface area contributed by atoms with Gasteiger partial charge in [0.1, 0.15) is 18.1 Å². The van der Waals surface area contributed by atoms with E-state index in [1.807, 2.05) is 13.8 Å². The molecule has 0 saturated carbocycles. The van der Waals surface area contributed by atoms with E-state index in [1.165, 1.54) is 29.7 Å². The summed E-state index contributed by atoms with van der Waals surface area (Å²) in [6, 6.07) is 16.3. The fourth-order valence-corrected chi connectivity index (χ4v) is 7.18. The zero-order valence-corrected chi connectivity index (χ0v) is 30.1. The Morgan fingerprint density at radius 1 is 0.939 bits per heavy atom. The predicted molar refractivity (Wildman–Crippen MR) is 187 cm³/mol. The third-order valence-corrected chi connectivity index (χ3v) is 12.3. The van der Waals surface area contributed by atoms with Gasteiger partial charge in [-0.25, -0.2) is 8.42 Å². The van der Waals surface area contributed by atoms with Crippen molar-refractivity contribution in [2.75, 3.05) is 51.0 Å². The lowest BCUT2D eigenvalue weighted by molar-refractivity contribution is -0.274. The molecule has 5 rings (SSSR count). The smallest absolute Gasteiger partial charge is 0.492 e. The van der Waals surface area contributed by atoms with Gasteiger partial charge in [-0.2, -0.15) is 0 Å². The molecule has 1 N–H and O–H groups in total. The molecular weight excluding hydrogens is 701 g/mol. The molecule has 1 aliphatic heterocycles. The molecule has 4 aromatic rings. The fourth-order valence-electron chi connectivity index (χ4n) is 5.45. The summed E-state index contributed by atoms with van der Waals surface area (Å²) in [5.74, 6) is -0.586. The molecule has 1 aliphatic rings. The Hall–Kier alpha value is -3.36. The number of benzene rings is 3. The van der Waals surface area contributed by atoms with Gasteiger partial charge < -0.3 is 19.5 Å². The number of ether oxygens (including phenoxy) is 3. The number of carbonyl (C=O) groups is 1. The van der Waals surface area contributed by atoms with Gasteiger partial charge >= 0.3 is 6.36 Å². The summed E-state index contributed by atoms with van der Waals surface area (Å²) in [4.78, 5) is 16.0. The van der Waals surface area contributed by atoms with Gasteiger partial charge in [-0.3, -0.25) is 9.69 Å². The lowest BCUT2D eigenvalue weighted by atomic mass is 9.78. The molecular formula is C35H38ClF3N2O6S2. The molecule has 14 heteroatoms. The normalized spacial score (nSPS) is 15.0. The van der Waals surface area contributed by atoms with Gasteiger partial charge in [0.25, 0.3) is 5.91 Å². The number of hydrogen-bond acceptors (Lipinski definition) is 8. The van der Waals surface area contributed by atoms with Gasteiger partial charge in [0.05, 0.1) is 22.8 Å². The first-order valence-corrected chi connectivity index (χ1v) is 18.6. The van der Waals surface area contributed by atoms with E-state index in [-0.39, 0.29) is 12.4 Å². The van der Waals surface area contributed by atoms with E-state index < -0.39 is 38.0 Å². The van der Waals surface area contributed by atoms with Crippen molar-refractivity contribution in [3.63, 3.8) is 0 Å². The van der Waals surface area contributed by atoms with Gasteiger partial charge in [-0.1, -0.05) is 31.5 Å². The zero-order valence-electron chi connectivity index (χ0n) is 27.7. The van der Waals surface area contributed by atoms with Crippen LogP contribution < -0.4 is 14.8 Å². The summed E-state index contributed by atoms with van der Waals surface area (Å²) in [6.07, 6.45) is -3.71. The maximum Gasteiger partial charge on any atom is 0.573 e. The minimum Gasteiger partial charge on any atom is -0.492 e. The Kier molecular flexibility index (Phi) is 10.6. The highest BCUT2D eigenvalue weighted by Crippen LogP contribution is 2.40. The van der Waals surface area contributed by atoms with Crippen LogP contribution >= 0.6 is 22.9 Å². The monoisotopic (exact) mass is 738 g/mol. The highest BCUT2D eigenvalue weighted by molar-refractivity contribution is 7.91. The average Bonchev–Trinajstić information content (AvgIpc) is 3.44. The summed E-state index contributed by atoms with van der Waals surface area (Å²) >= 11 is 7.78. The molecule has 1 fully saturated rings. The van der Waals surface area contributed by atoms with E-state index >= 15 is 0 Å². The van der Waals surface area contributed by atoms with Gasteiger partial charge in [0.15, 0.2) is 9.84 Å². The van der Waals surface area contributed by atoms with E-state index in [0.717, 1.165) is 23.2 Å². The summed E-state index contributed by atoms with van der Waals surface area (Å²) in [6.45, 7) is 10.5. The van der Waals surface area contributed by atoms with Crippen molar-refractivity contribution in [1.29, 1.82) is 0 Å². The lowest BCUT2D eigenvalue weighted by Gasteiger charge is -2.29. The van der Waals surface area contributed by atoms with E-state index in [0.29, 0.717) is 52.0 Å². The molecule has 1 aromatic heterocycles. The number of hydrogen-bond donors (Lipinski definition) is 1. The molecule has 1 saturated heterocycles. The first kappa shape index (κ1) is 36.9. The van der Waals surface area contributed by atoms with Crippen LogP contribution in [0.2, 0.25) is 5.02 Å². The van der Waals surface area contributed by atoms with E-state index in [1.54, 1.807) is 62.4 Å². The van der Waals surface area contributed by atoms with E-state index in [2.05, 4.69) is 15.0 Å². The zero-order chi connectivity index (χ0) is 35.8. The molecule has 49 heavy (non-hydrogen) atoms. The highest BCUT2D eigenvalue weighted by atomic mass is 35.5. The molecule has 0 atom stereocenters. The predicted octanol–water partition coefficient (Wildman–Crippen LogP) is 8.02. The molecule has 0 spiro atoms. The van der Waals surface area contributed by atoms with Crippen molar-refractivity contribution in [3.8, 4) is 11.5 Å². The number of alkyl halides is 3. The summed E-state index contributed by atoms with van der Waals surface area (Å²) in [7, 11) is -3.39. The fraction of sp³-hybridized carbons (Fsp3) is 0.400. The van der Waals surface area contributed by atoms with Crippen LogP contribution in [0.5, 0.6) is 11.5 Å². The number of morpholine rings is 1. The standard InChI is InChI=1S/C35H38ClF3N2O6S2/c1-33(2,25-18-28(21-29(19-25)47-35(37,38)39)46-13-10-41-8-11-45-12-9-41)24-16-26(36)20-27(17-24)40-32(42)31-15-22-14-23(6-7-30(22)48-31)34(3,4)49(5,43)44/h6-7,14-21H,8-13H2,1-5H3,(H,40,42). The number of halogens is 4. The highest BCUT2D eigenvalue weighted by Gasteiger charge is 2.34. The SMILES string of the molecule is CC(C)(c1cc(Cl)cc(NC(=O)c2cc3cc(C(C)(C)S(C)(=O)=O)ccc3s2)c1)c1cc(OCCN2CCOCC2)cc(OC(F)(F)F)c1. The maximum absolute atomic E-state index is 13.4. The van der Waals surface area contributed by atoms with Crippen LogP contribution in [0.15, 0.2) is 60.7 Å². The molecule has 8 nitrogen and oxygen atoms in total. The number of nitrogens with one attached hydrogen (secondary N) is 1. The van der Waals surface area contributed by atoms with Crippen molar-refractivity contribution in [3.05, 3.63) is 87.3 Å². The molecule has 0 aliphatic carbocycles. The molecule has 0 radical (unpaired) electrons. The summed E-state index contributed by atoms with van der Waals surface area (Å²) in [5.41, 5.74) is 1.21. The summed E-state index contributed by atoms with van der Waals surface area (Å²) < 4.78 is 80.0. The Morgan fingerprint density at radius 3 is 2.29 bits per heavy atom. The molecule has 3 aromatic carbocycles. The van der Waals surface area contributed by atoms with Crippen LogP contribution in [-0.4, -0.2) is 71.3 Å². The van der Waals surface area contributed by atoms with Gasteiger partial charge in [0.2, 0.25) is 0 Å². The van der Waals surface area contributed by atoms with E-state index in [9.17, 15) is 26.4 Å². The van der Waals surface area contributed by atoms with Crippen molar-refractivity contribution in [2.45, 2.75) is 44.2 Å². The van der Waals surface area contributed by atoms with Crippen molar-refractivity contribution in [2.24, 2.45) is 0 Å². The largest absolute Gasteiger partial charge is 0.573 e. The molecule has 0 unspecified atom stereocenters. The van der Waals surface area contributed by atoms with Crippen LogP contribution in [0.25, 0.3) is 10.1 Å². The number of thiophene rings is 1. The molecule has 264 valence electrons. The molecule has 1 amide bonds. The third kappa shape index (κ3) is 8.87. The number of nitrogens with zero attached hydrogens (tertiary/aromatic N) is 1. The topological polar surface area (TPSA) is 94.2 Å². The number of carbonyl (C=O) groups excluding carboxylic acids is 1. The Balaban J connectivity index is 1.39. The molecule has 0 bridgehead atoms. The first-order valence-electron chi connectivity index (χ1n) is 15.5. The molecule has 2 heterocycles. The Morgan fingerprint density at radius 2 is 1.61 bits per heavy atom. The number of sulfone groups is 1. The minimum absolute atomic E-state index is 0.224. The Bertz CT molecular complexity index is 1950. The maximum atomic E-state index is 13.4. The second kappa shape index (κ2) is 14.1. The van der Waals surface area contributed by atoms with Crippen LogP contribution in [0.4, 0.5) is 18.9 Å². The number of fused-ring (bicyclic) bond motifs is 1. The Labute approximate surface area is 293 Å². The number of amides is 1. The van der Waals surface area contributed by atoms with Gasteiger partial charge in [-0.15, -0.1) is 24.5 Å². The third-order valence-electron chi connectivity index (χ3n) is 8.85. The second-order valence-electron chi connectivity index (χ2n) is 13.0. The minimum atomic E-state index is -4.90. The van der Waals surface area contributed by atoms with Crippen LogP contribution in [0, 0.1) is 0 Å². The van der Waals surface area contributed by atoms with Crippen molar-refractivity contribution < 1.29 is 40.6 Å². The average molecular weight is 739 g/mol. The first-order chi connectivity index (χ1) is 22.8. The summed E-state index contributed by atoms with van der Waals surface area (Å²) in [5, 5.41) is 3.94. The van der Waals surface area contributed by atoms with Crippen molar-refractivity contribution >= 4 is 54.5 Å². The van der Waals surface area contributed by atoms with Gasteiger partial charge in [-0.05, 0) is 84.5 Å². The second-order valence-corrected chi connectivity index (χ2v) is 17.1. The van der Waals surface area contributed by atoms with Crippen molar-refractivity contribution in [1.82, 2.24) is 4.90 Å². The van der Waals surface area contributed by atoms with Crippen LogP contribution in [-0.2, 0) is 24.7 Å². The number of rotatable bonds is 11.